The molecule has 1 N–H and O–H groups in total. The summed E-state index contributed by atoms with van der Waals surface area (Å²) in [6, 6.07) is 2.32. The Labute approximate surface area is 119 Å². The molecule has 1 aromatic heterocycles. The molecule has 0 bridgehead atoms. The van der Waals surface area contributed by atoms with Gasteiger partial charge in [-0.3, -0.25) is 9.48 Å². The molecule has 0 saturated carbocycles. The molecule has 19 heavy (non-hydrogen) atoms. The van der Waals surface area contributed by atoms with Crippen molar-refractivity contribution in [2.24, 2.45) is 5.92 Å². The Morgan fingerprint density at radius 2 is 2.37 bits per heavy atom. The van der Waals surface area contributed by atoms with Gasteiger partial charge in [-0.2, -0.15) is 5.10 Å². The van der Waals surface area contributed by atoms with Crippen molar-refractivity contribution >= 4 is 18.3 Å². The fraction of sp³-hybridized carbons (Fsp3) is 0.692. The van der Waals surface area contributed by atoms with Crippen molar-refractivity contribution < 1.29 is 4.79 Å². The molecular formula is C13H21ClN4O. The number of nitrogens with one attached hydrogen (secondary N) is 1. The predicted molar refractivity (Wildman–Crippen MR) is 75.6 cm³/mol. The van der Waals surface area contributed by atoms with Crippen LogP contribution in [0, 0.1) is 5.92 Å². The highest BCUT2D eigenvalue weighted by Gasteiger charge is 2.37. The van der Waals surface area contributed by atoms with Gasteiger partial charge in [0, 0.05) is 31.9 Å². The molecule has 0 radical (unpaired) electrons. The number of rotatable bonds is 2. The summed E-state index contributed by atoms with van der Waals surface area (Å²) in [5, 5.41) is 7.81. The van der Waals surface area contributed by atoms with Crippen molar-refractivity contribution in [1.29, 1.82) is 0 Å². The second kappa shape index (κ2) is 5.92. The molecule has 0 aliphatic carbocycles. The van der Waals surface area contributed by atoms with E-state index in [1.165, 1.54) is 12.8 Å². The molecule has 2 saturated heterocycles. The average molecular weight is 285 g/mol. The third-order valence-electron chi connectivity index (χ3n) is 4.07. The van der Waals surface area contributed by atoms with Gasteiger partial charge in [0.05, 0.1) is 0 Å². The van der Waals surface area contributed by atoms with Crippen LogP contribution in [0.2, 0.25) is 0 Å². The minimum Gasteiger partial charge on any atom is -0.335 e. The van der Waals surface area contributed by atoms with Gasteiger partial charge in [0.15, 0.2) is 0 Å². The fourth-order valence-corrected chi connectivity index (χ4v) is 3.03. The summed E-state index contributed by atoms with van der Waals surface area (Å²) < 4.78 is 1.80. The summed E-state index contributed by atoms with van der Waals surface area (Å²) >= 11 is 0. The van der Waals surface area contributed by atoms with E-state index in [0.29, 0.717) is 17.7 Å². The minimum absolute atomic E-state index is 0. The van der Waals surface area contributed by atoms with Crippen molar-refractivity contribution in [1.82, 2.24) is 20.0 Å². The van der Waals surface area contributed by atoms with Gasteiger partial charge in [0.2, 0.25) is 0 Å². The van der Waals surface area contributed by atoms with Crippen LogP contribution in [-0.2, 0) is 6.54 Å². The monoisotopic (exact) mass is 284 g/mol. The second-order valence-corrected chi connectivity index (χ2v) is 5.23. The lowest BCUT2D eigenvalue weighted by atomic mass is 9.94. The van der Waals surface area contributed by atoms with E-state index in [1.807, 2.05) is 24.1 Å². The first-order chi connectivity index (χ1) is 8.78. The maximum absolute atomic E-state index is 12.3. The zero-order valence-electron chi connectivity index (χ0n) is 11.2. The van der Waals surface area contributed by atoms with Crippen LogP contribution >= 0.6 is 12.4 Å². The smallest absolute Gasteiger partial charge is 0.274 e. The SMILES string of the molecule is CCn1ccc(C(=O)N2C[C@@H]3CCCN[C@@H]3C2)n1.Cl. The standard InChI is InChI=1S/C13H20N4O.ClH/c1-2-17-7-5-11(15-17)13(18)16-8-10-4-3-6-14-12(10)9-16;/h5,7,10,12,14H,2-4,6,8-9H2,1H3;1H/t10-,12+;/m0./s1. The molecule has 2 fully saturated rings. The van der Waals surface area contributed by atoms with E-state index in [1.54, 1.807) is 4.68 Å². The molecule has 2 aliphatic rings. The highest BCUT2D eigenvalue weighted by atomic mass is 35.5. The largest absolute Gasteiger partial charge is 0.335 e. The number of fused-ring (bicyclic) bond motifs is 1. The van der Waals surface area contributed by atoms with Crippen LogP contribution in [0.3, 0.4) is 0 Å². The predicted octanol–water partition coefficient (Wildman–Crippen LogP) is 1.15. The molecule has 0 spiro atoms. The number of nitrogens with zero attached hydrogens (tertiary/aromatic N) is 3. The van der Waals surface area contributed by atoms with Gasteiger partial charge in [-0.05, 0) is 38.3 Å². The van der Waals surface area contributed by atoms with Crippen molar-refractivity contribution in [3.05, 3.63) is 18.0 Å². The number of hydrogen-bond donors (Lipinski definition) is 1. The quantitative estimate of drug-likeness (QED) is 0.886. The van der Waals surface area contributed by atoms with E-state index in [9.17, 15) is 4.79 Å². The first-order valence-corrected chi connectivity index (χ1v) is 6.84. The van der Waals surface area contributed by atoms with Crippen LogP contribution in [0.1, 0.15) is 30.3 Å². The lowest BCUT2D eigenvalue weighted by Crippen LogP contribution is -2.41. The molecule has 2 atom stereocenters. The molecule has 6 heteroatoms. The normalized spacial score (nSPS) is 25.8. The third-order valence-corrected chi connectivity index (χ3v) is 4.07. The van der Waals surface area contributed by atoms with Gasteiger partial charge < -0.3 is 10.2 Å². The van der Waals surface area contributed by atoms with Gasteiger partial charge in [-0.1, -0.05) is 0 Å². The summed E-state index contributed by atoms with van der Waals surface area (Å²) in [7, 11) is 0. The van der Waals surface area contributed by atoms with E-state index in [2.05, 4.69) is 10.4 Å². The molecule has 3 rings (SSSR count). The Bertz CT molecular complexity index is 434. The highest BCUT2D eigenvalue weighted by Crippen LogP contribution is 2.25. The molecule has 0 aromatic carbocycles. The lowest BCUT2D eigenvalue weighted by Gasteiger charge is -2.24. The Kier molecular flexibility index (Phi) is 4.47. The summed E-state index contributed by atoms with van der Waals surface area (Å²) in [6.45, 7) is 5.64. The molecule has 5 nitrogen and oxygen atoms in total. The van der Waals surface area contributed by atoms with Crippen LogP contribution in [0.4, 0.5) is 0 Å². The molecule has 1 amide bonds. The molecular weight excluding hydrogens is 264 g/mol. The Morgan fingerprint density at radius 3 is 3.05 bits per heavy atom. The number of likely N-dealkylation sites (tertiary alicyclic amines) is 1. The number of amides is 1. The van der Waals surface area contributed by atoms with E-state index in [0.717, 1.165) is 26.2 Å². The maximum atomic E-state index is 12.3. The Balaban J connectivity index is 0.00000133. The van der Waals surface area contributed by atoms with Crippen LogP contribution in [0.25, 0.3) is 0 Å². The molecule has 3 heterocycles. The topological polar surface area (TPSA) is 50.2 Å². The summed E-state index contributed by atoms with van der Waals surface area (Å²) in [5.74, 6) is 0.717. The maximum Gasteiger partial charge on any atom is 0.274 e. The third kappa shape index (κ3) is 2.77. The van der Waals surface area contributed by atoms with E-state index >= 15 is 0 Å². The van der Waals surface area contributed by atoms with Gasteiger partial charge in [-0.25, -0.2) is 0 Å². The molecule has 106 valence electrons. The Morgan fingerprint density at radius 1 is 1.53 bits per heavy atom. The van der Waals surface area contributed by atoms with Crippen molar-refractivity contribution in [2.75, 3.05) is 19.6 Å². The average Bonchev–Trinajstić information content (AvgIpc) is 3.04. The first-order valence-electron chi connectivity index (χ1n) is 6.84. The Hall–Kier alpha value is -1.07. The zero-order chi connectivity index (χ0) is 12.5. The van der Waals surface area contributed by atoms with Crippen LogP contribution in [0.5, 0.6) is 0 Å². The summed E-state index contributed by atoms with van der Waals surface area (Å²) in [4.78, 5) is 14.3. The van der Waals surface area contributed by atoms with Gasteiger partial charge in [0.1, 0.15) is 5.69 Å². The number of carbonyl (C=O) groups excluding carboxylic acids is 1. The number of halogens is 1. The number of hydrogen-bond acceptors (Lipinski definition) is 3. The van der Waals surface area contributed by atoms with Gasteiger partial charge in [-0.15, -0.1) is 12.4 Å². The van der Waals surface area contributed by atoms with Crippen molar-refractivity contribution in [3.8, 4) is 0 Å². The molecule has 2 aliphatic heterocycles. The fourth-order valence-electron chi connectivity index (χ4n) is 3.03. The number of piperidine rings is 1. The van der Waals surface area contributed by atoms with E-state index in [-0.39, 0.29) is 18.3 Å². The van der Waals surface area contributed by atoms with Crippen LogP contribution < -0.4 is 5.32 Å². The summed E-state index contributed by atoms with van der Waals surface area (Å²) in [6.07, 6.45) is 4.34. The van der Waals surface area contributed by atoms with Crippen LogP contribution in [0.15, 0.2) is 12.3 Å². The highest BCUT2D eigenvalue weighted by molar-refractivity contribution is 5.92. The van der Waals surface area contributed by atoms with Crippen LogP contribution in [-0.4, -0.2) is 46.3 Å². The second-order valence-electron chi connectivity index (χ2n) is 5.23. The number of aromatic nitrogens is 2. The zero-order valence-corrected chi connectivity index (χ0v) is 12.0. The number of aryl methyl sites for hydroxylation is 1. The van der Waals surface area contributed by atoms with E-state index < -0.39 is 0 Å². The van der Waals surface area contributed by atoms with Crippen molar-refractivity contribution in [2.45, 2.75) is 32.4 Å². The summed E-state index contributed by atoms with van der Waals surface area (Å²) in [5.41, 5.74) is 0.579. The van der Waals surface area contributed by atoms with Gasteiger partial charge >= 0.3 is 0 Å². The molecule has 0 unspecified atom stereocenters. The first kappa shape index (κ1) is 14.3. The van der Waals surface area contributed by atoms with Gasteiger partial charge in [0.25, 0.3) is 5.91 Å². The minimum atomic E-state index is 0. The van der Waals surface area contributed by atoms with E-state index in [4.69, 9.17) is 0 Å². The number of carbonyl (C=O) groups is 1. The lowest BCUT2D eigenvalue weighted by molar-refractivity contribution is 0.0779. The molecule has 1 aromatic rings. The van der Waals surface area contributed by atoms with Crippen molar-refractivity contribution in [3.63, 3.8) is 0 Å².